The van der Waals surface area contributed by atoms with E-state index in [0.29, 0.717) is 28.0 Å². The minimum absolute atomic E-state index is 0. The van der Waals surface area contributed by atoms with E-state index in [-0.39, 0.29) is 12.4 Å². The van der Waals surface area contributed by atoms with Gasteiger partial charge in [0, 0.05) is 47.7 Å². The normalized spacial score (nSPS) is 24.6. The highest BCUT2D eigenvalue weighted by Crippen LogP contribution is 2.41. The molecular weight excluding hydrogens is 401 g/mol. The Morgan fingerprint density at radius 1 is 1.04 bits per heavy atom. The van der Waals surface area contributed by atoms with E-state index in [1.54, 1.807) is 6.07 Å². The van der Waals surface area contributed by atoms with Crippen LogP contribution in [0.3, 0.4) is 0 Å². The standard InChI is InChI=1S/C21H25Cl2N3.ClH/c22-17-9-16(10-18(23)11-17)14-1-3-15(4-2-14)20-12-21(20)25-6-8-26-7-5-19(24)13-26;/h1-4,9-11,19-21,25H,5-8,12-13,24H2;1H/t19-,20+,21-;/m1./s1. The molecule has 0 spiro atoms. The third-order valence-electron chi connectivity index (χ3n) is 5.47. The van der Waals surface area contributed by atoms with Crippen molar-refractivity contribution in [1.29, 1.82) is 0 Å². The van der Waals surface area contributed by atoms with Gasteiger partial charge < -0.3 is 16.0 Å². The second kappa shape index (κ2) is 9.13. The van der Waals surface area contributed by atoms with Crippen LogP contribution in [0.2, 0.25) is 10.0 Å². The van der Waals surface area contributed by atoms with E-state index in [4.69, 9.17) is 28.9 Å². The van der Waals surface area contributed by atoms with Gasteiger partial charge in [-0.15, -0.1) is 12.4 Å². The lowest BCUT2D eigenvalue weighted by Gasteiger charge is -2.15. The Morgan fingerprint density at radius 3 is 2.37 bits per heavy atom. The minimum Gasteiger partial charge on any atom is -0.326 e. The number of rotatable bonds is 6. The van der Waals surface area contributed by atoms with Crippen molar-refractivity contribution in [2.75, 3.05) is 26.2 Å². The van der Waals surface area contributed by atoms with Crippen molar-refractivity contribution in [3.05, 3.63) is 58.1 Å². The van der Waals surface area contributed by atoms with Gasteiger partial charge in [-0.1, -0.05) is 47.5 Å². The Hall–Kier alpha value is -0.810. The molecule has 27 heavy (non-hydrogen) atoms. The molecule has 0 radical (unpaired) electrons. The van der Waals surface area contributed by atoms with Crippen LogP contribution in [-0.2, 0) is 0 Å². The van der Waals surface area contributed by atoms with Gasteiger partial charge in [0.05, 0.1) is 0 Å². The van der Waals surface area contributed by atoms with E-state index in [9.17, 15) is 0 Å². The molecule has 2 aromatic rings. The number of nitrogens with two attached hydrogens (primary N) is 1. The number of benzene rings is 2. The molecule has 2 aromatic carbocycles. The Bertz CT molecular complexity index is 746. The van der Waals surface area contributed by atoms with Crippen LogP contribution in [0.1, 0.15) is 24.3 Å². The van der Waals surface area contributed by atoms with Crippen LogP contribution in [0.25, 0.3) is 11.1 Å². The summed E-state index contributed by atoms with van der Waals surface area (Å²) in [5.41, 5.74) is 9.57. The number of hydrogen-bond donors (Lipinski definition) is 2. The molecule has 1 saturated heterocycles. The monoisotopic (exact) mass is 425 g/mol. The Morgan fingerprint density at radius 2 is 1.74 bits per heavy atom. The lowest BCUT2D eigenvalue weighted by Crippen LogP contribution is -2.33. The van der Waals surface area contributed by atoms with Crippen LogP contribution < -0.4 is 11.1 Å². The molecule has 4 rings (SSSR count). The second-order valence-corrected chi connectivity index (χ2v) is 8.41. The lowest BCUT2D eigenvalue weighted by molar-refractivity contribution is 0.331. The number of halogens is 3. The van der Waals surface area contributed by atoms with Crippen LogP contribution in [0.15, 0.2) is 42.5 Å². The van der Waals surface area contributed by atoms with Crippen LogP contribution in [0.5, 0.6) is 0 Å². The van der Waals surface area contributed by atoms with E-state index in [1.807, 2.05) is 12.1 Å². The zero-order valence-electron chi connectivity index (χ0n) is 15.2. The van der Waals surface area contributed by atoms with E-state index < -0.39 is 0 Å². The van der Waals surface area contributed by atoms with Gasteiger partial charge in [0.2, 0.25) is 0 Å². The summed E-state index contributed by atoms with van der Waals surface area (Å²) in [4.78, 5) is 2.46. The Balaban J connectivity index is 0.00000210. The molecular formula is C21H26Cl3N3. The summed E-state index contributed by atoms with van der Waals surface area (Å²) >= 11 is 12.2. The van der Waals surface area contributed by atoms with E-state index in [0.717, 1.165) is 43.7 Å². The number of nitrogens with one attached hydrogen (secondary N) is 1. The molecule has 1 heterocycles. The fourth-order valence-electron chi connectivity index (χ4n) is 3.91. The summed E-state index contributed by atoms with van der Waals surface area (Å²) in [6.45, 7) is 4.34. The smallest absolute Gasteiger partial charge is 0.0426 e. The predicted molar refractivity (Wildman–Crippen MR) is 117 cm³/mol. The van der Waals surface area contributed by atoms with Gasteiger partial charge in [0.15, 0.2) is 0 Å². The molecule has 0 unspecified atom stereocenters. The highest BCUT2D eigenvalue weighted by molar-refractivity contribution is 6.35. The average molecular weight is 427 g/mol. The zero-order valence-corrected chi connectivity index (χ0v) is 17.5. The Kier molecular flexibility index (Phi) is 7.07. The van der Waals surface area contributed by atoms with Crippen molar-refractivity contribution in [2.24, 2.45) is 5.73 Å². The number of likely N-dealkylation sites (tertiary alicyclic amines) is 1. The van der Waals surface area contributed by atoms with E-state index in [1.165, 1.54) is 12.0 Å². The van der Waals surface area contributed by atoms with Crippen LogP contribution in [0, 0.1) is 0 Å². The number of hydrogen-bond acceptors (Lipinski definition) is 3. The maximum Gasteiger partial charge on any atom is 0.0426 e. The molecule has 0 amide bonds. The molecule has 146 valence electrons. The SMILES string of the molecule is Cl.N[C@@H]1CCN(CCN[C@@H]2C[C@H]2c2ccc(-c3cc(Cl)cc(Cl)c3)cc2)C1. The molecule has 0 bridgehead atoms. The third kappa shape index (κ3) is 5.38. The molecule has 6 heteroatoms. The topological polar surface area (TPSA) is 41.3 Å². The van der Waals surface area contributed by atoms with Crippen LogP contribution in [-0.4, -0.2) is 43.2 Å². The van der Waals surface area contributed by atoms with Gasteiger partial charge in [-0.05, 0) is 54.3 Å². The first kappa shape index (κ1) is 20.9. The van der Waals surface area contributed by atoms with Crippen molar-refractivity contribution in [2.45, 2.75) is 30.8 Å². The first-order valence-electron chi connectivity index (χ1n) is 9.36. The molecule has 3 nitrogen and oxygen atoms in total. The summed E-state index contributed by atoms with van der Waals surface area (Å²) < 4.78 is 0. The number of nitrogens with zero attached hydrogens (tertiary/aromatic N) is 1. The molecule has 2 fully saturated rings. The van der Waals surface area contributed by atoms with Gasteiger partial charge >= 0.3 is 0 Å². The molecule has 3 atom stereocenters. The van der Waals surface area contributed by atoms with E-state index >= 15 is 0 Å². The summed E-state index contributed by atoms with van der Waals surface area (Å²) in [6.07, 6.45) is 2.36. The van der Waals surface area contributed by atoms with Crippen molar-refractivity contribution >= 4 is 35.6 Å². The van der Waals surface area contributed by atoms with E-state index in [2.05, 4.69) is 34.5 Å². The molecule has 1 saturated carbocycles. The van der Waals surface area contributed by atoms with Crippen molar-refractivity contribution in [3.8, 4) is 11.1 Å². The largest absolute Gasteiger partial charge is 0.326 e. The van der Waals surface area contributed by atoms with Crippen molar-refractivity contribution in [3.63, 3.8) is 0 Å². The fraction of sp³-hybridized carbons (Fsp3) is 0.429. The second-order valence-electron chi connectivity index (χ2n) is 7.53. The zero-order chi connectivity index (χ0) is 18.1. The minimum atomic E-state index is 0. The average Bonchev–Trinajstić information content (AvgIpc) is 3.27. The third-order valence-corrected chi connectivity index (χ3v) is 5.90. The molecule has 1 aliphatic heterocycles. The molecule has 0 aromatic heterocycles. The maximum atomic E-state index is 6.11. The van der Waals surface area contributed by atoms with Crippen molar-refractivity contribution < 1.29 is 0 Å². The summed E-state index contributed by atoms with van der Waals surface area (Å²) in [7, 11) is 0. The first-order chi connectivity index (χ1) is 12.6. The summed E-state index contributed by atoms with van der Waals surface area (Å²) in [6, 6.07) is 15.4. The molecule has 3 N–H and O–H groups in total. The maximum absolute atomic E-state index is 6.11. The summed E-state index contributed by atoms with van der Waals surface area (Å²) in [5.74, 6) is 0.632. The highest BCUT2D eigenvalue weighted by Gasteiger charge is 2.37. The quantitative estimate of drug-likeness (QED) is 0.711. The van der Waals surface area contributed by atoms with Gasteiger partial charge in [-0.2, -0.15) is 0 Å². The van der Waals surface area contributed by atoms with Gasteiger partial charge in [-0.25, -0.2) is 0 Å². The fourth-order valence-corrected chi connectivity index (χ4v) is 4.43. The van der Waals surface area contributed by atoms with Crippen molar-refractivity contribution in [1.82, 2.24) is 10.2 Å². The van der Waals surface area contributed by atoms with Gasteiger partial charge in [0.25, 0.3) is 0 Å². The molecule has 2 aliphatic rings. The highest BCUT2D eigenvalue weighted by atomic mass is 35.5. The molecule has 1 aliphatic carbocycles. The Labute approximate surface area is 177 Å². The predicted octanol–water partition coefficient (Wildman–Crippen LogP) is 4.56. The van der Waals surface area contributed by atoms with Crippen LogP contribution >= 0.6 is 35.6 Å². The lowest BCUT2D eigenvalue weighted by atomic mass is 10.0. The summed E-state index contributed by atoms with van der Waals surface area (Å²) in [5, 5.41) is 5.03. The van der Waals surface area contributed by atoms with Gasteiger partial charge in [-0.3, -0.25) is 0 Å². The van der Waals surface area contributed by atoms with Crippen LogP contribution in [0.4, 0.5) is 0 Å². The first-order valence-corrected chi connectivity index (χ1v) is 10.1. The van der Waals surface area contributed by atoms with Gasteiger partial charge in [0.1, 0.15) is 0 Å².